The largest absolute Gasteiger partial charge is 0.392 e. The van der Waals surface area contributed by atoms with Gasteiger partial charge in [-0.15, -0.1) is 70.6 Å². The van der Waals surface area contributed by atoms with Crippen LogP contribution in [-0.4, -0.2) is 102 Å². The van der Waals surface area contributed by atoms with Crippen molar-refractivity contribution in [2.24, 2.45) is 0 Å². The Labute approximate surface area is 514 Å². The fourth-order valence-corrected chi connectivity index (χ4v) is 15.7. The van der Waals surface area contributed by atoms with Gasteiger partial charge in [0.15, 0.2) is 0 Å². The Morgan fingerprint density at radius 3 is 0.650 bits per heavy atom. The third-order valence-electron chi connectivity index (χ3n) is 11.4. The molecular formula is C61H64N4O5S10. The van der Waals surface area contributed by atoms with Gasteiger partial charge >= 0.3 is 0 Å². The maximum Gasteiger partial charge on any atom is 0.285 e. The van der Waals surface area contributed by atoms with Crippen molar-refractivity contribution < 1.29 is 24.3 Å². The number of aliphatic hydroxyl groups excluding tert-OH is 1. The SMILES string of the molecule is CN(C)C(=O)Sc1ccc(CSc2cc(CSc3cc(CO)cc(SCc4cc(SCc5ccc(SC(=O)N(C)C)cc5)cc(SCc5ccc(SC(=O)N(C)C)cc5)c4)c3)cc(SCc3ccc(SC(=O)N(C)C)cc3)c2)cc1. The van der Waals surface area contributed by atoms with E-state index in [0.29, 0.717) is 0 Å². The van der Waals surface area contributed by atoms with Crippen molar-refractivity contribution in [1.82, 2.24) is 19.6 Å². The van der Waals surface area contributed by atoms with Gasteiger partial charge in [-0.1, -0.05) is 48.5 Å². The summed E-state index contributed by atoms with van der Waals surface area (Å²) in [5.74, 6) is 4.60. The zero-order chi connectivity index (χ0) is 57.1. The smallest absolute Gasteiger partial charge is 0.285 e. The van der Waals surface area contributed by atoms with Crippen LogP contribution in [0.2, 0.25) is 0 Å². The average molecular weight is 1250 g/mol. The van der Waals surface area contributed by atoms with E-state index in [0.717, 1.165) is 69.5 Å². The summed E-state index contributed by atoms with van der Waals surface area (Å²) in [7, 11) is 14.1. The number of carbonyl (C=O) groups is 4. The molecule has 0 aliphatic rings. The molecular weight excluding hydrogens is 1190 g/mol. The zero-order valence-corrected chi connectivity index (χ0v) is 54.0. The van der Waals surface area contributed by atoms with Crippen LogP contribution in [0.25, 0.3) is 0 Å². The van der Waals surface area contributed by atoms with Crippen molar-refractivity contribution in [2.45, 2.75) is 90.1 Å². The molecule has 4 amide bonds. The fraction of sp³-hybridized carbons (Fsp3) is 0.246. The first kappa shape index (κ1) is 63.5. The molecule has 7 rings (SSSR count). The van der Waals surface area contributed by atoms with Crippen LogP contribution in [0.15, 0.2) is 201 Å². The van der Waals surface area contributed by atoms with Crippen LogP contribution >= 0.6 is 118 Å². The van der Waals surface area contributed by atoms with Crippen LogP contribution in [0.1, 0.15) is 38.9 Å². The minimum absolute atomic E-state index is 0.00192. The lowest BCUT2D eigenvalue weighted by Gasteiger charge is -2.13. The Kier molecular flexibility index (Phi) is 25.4. The molecule has 0 fully saturated rings. The highest BCUT2D eigenvalue weighted by molar-refractivity contribution is 8.14. The summed E-state index contributed by atoms with van der Waals surface area (Å²) >= 11 is 15.6. The molecule has 9 nitrogen and oxygen atoms in total. The molecule has 80 heavy (non-hydrogen) atoms. The molecule has 0 aliphatic heterocycles. The second-order valence-electron chi connectivity index (χ2n) is 19.0. The third kappa shape index (κ3) is 21.3. The van der Waals surface area contributed by atoms with Gasteiger partial charge in [0.25, 0.3) is 21.0 Å². The van der Waals surface area contributed by atoms with Gasteiger partial charge in [0.05, 0.1) is 6.61 Å². The highest BCUT2D eigenvalue weighted by Crippen LogP contribution is 2.38. The quantitative estimate of drug-likeness (QED) is 0.0615. The molecule has 7 aromatic carbocycles. The van der Waals surface area contributed by atoms with Crippen LogP contribution in [0, 0.1) is 0 Å². The van der Waals surface area contributed by atoms with E-state index >= 15 is 0 Å². The van der Waals surface area contributed by atoms with Crippen LogP contribution in [0.5, 0.6) is 0 Å². The fourth-order valence-electron chi connectivity index (χ4n) is 7.03. The monoisotopic (exact) mass is 1250 g/mol. The first-order valence-electron chi connectivity index (χ1n) is 25.2. The number of rotatable bonds is 23. The van der Waals surface area contributed by atoms with Crippen LogP contribution in [0.4, 0.5) is 19.2 Å². The van der Waals surface area contributed by atoms with Crippen molar-refractivity contribution in [3.8, 4) is 0 Å². The molecule has 0 saturated carbocycles. The maximum atomic E-state index is 12.3. The maximum absolute atomic E-state index is 12.3. The van der Waals surface area contributed by atoms with E-state index in [-0.39, 0.29) is 27.6 Å². The van der Waals surface area contributed by atoms with Crippen molar-refractivity contribution >= 4 is 139 Å². The Morgan fingerprint density at radius 1 is 0.275 bits per heavy atom. The molecule has 19 heteroatoms. The Balaban J connectivity index is 1.06. The summed E-state index contributed by atoms with van der Waals surface area (Å²) in [6.07, 6.45) is 0. The number of aliphatic hydroxyl groups is 1. The second kappa shape index (κ2) is 32.1. The second-order valence-corrected chi connectivity index (χ2v) is 29.3. The molecule has 0 unspecified atom stereocenters. The molecule has 0 radical (unpaired) electrons. The summed E-state index contributed by atoms with van der Waals surface area (Å²) < 4.78 is 0. The van der Waals surface area contributed by atoms with Gasteiger partial charge in [-0.2, -0.15) is 0 Å². The number of benzene rings is 7. The van der Waals surface area contributed by atoms with Crippen LogP contribution in [-0.2, 0) is 41.1 Å². The minimum atomic E-state index is -0.0592. The highest BCUT2D eigenvalue weighted by atomic mass is 32.2. The number of thioether (sulfide) groups is 10. The van der Waals surface area contributed by atoms with E-state index in [1.807, 2.05) is 48.5 Å². The molecule has 0 spiro atoms. The number of amides is 4. The topological polar surface area (TPSA) is 101 Å². The Bertz CT molecular complexity index is 2810. The van der Waals surface area contributed by atoms with Crippen molar-refractivity contribution in [3.05, 3.63) is 191 Å². The van der Waals surface area contributed by atoms with Gasteiger partial charge in [-0.25, -0.2) is 0 Å². The average Bonchev–Trinajstić information content (AvgIpc) is 3.45. The first-order chi connectivity index (χ1) is 38.4. The molecule has 0 aliphatic carbocycles. The van der Waals surface area contributed by atoms with E-state index in [1.54, 1.807) is 147 Å². The minimum Gasteiger partial charge on any atom is -0.392 e. The first-order valence-corrected chi connectivity index (χ1v) is 34.3. The van der Waals surface area contributed by atoms with E-state index < -0.39 is 0 Å². The number of hydrogen-bond acceptors (Lipinski definition) is 15. The Hall–Kier alpha value is -4.12. The molecule has 0 aromatic heterocycles. The van der Waals surface area contributed by atoms with Gasteiger partial charge in [0.1, 0.15) is 0 Å². The van der Waals surface area contributed by atoms with Gasteiger partial charge < -0.3 is 24.7 Å². The summed E-state index contributed by atoms with van der Waals surface area (Å²) in [4.78, 5) is 66.1. The van der Waals surface area contributed by atoms with Crippen LogP contribution in [0.3, 0.4) is 0 Å². The van der Waals surface area contributed by atoms with Gasteiger partial charge in [-0.05, 0) is 189 Å². The lowest BCUT2D eigenvalue weighted by molar-refractivity contribution is 0.240. The predicted octanol–water partition coefficient (Wildman–Crippen LogP) is 18.0. The van der Waals surface area contributed by atoms with Crippen molar-refractivity contribution in [3.63, 3.8) is 0 Å². The third-order valence-corrected chi connectivity index (χ3v) is 21.9. The summed E-state index contributed by atoms with van der Waals surface area (Å²) in [6, 6.07) is 53.0. The summed E-state index contributed by atoms with van der Waals surface area (Å²) in [6.45, 7) is -0.0592. The Morgan fingerprint density at radius 2 is 0.463 bits per heavy atom. The summed E-state index contributed by atoms with van der Waals surface area (Å²) in [5, 5.41) is 10.5. The standard InChI is InChI=1S/C61H64N4O5S10/c1-62(2)58(67)77-48-17-9-41(10-18-48)35-71-54-27-46(28-55(32-54)72-36-42-11-19-49(20-12-42)78-59(68)63(3)4)39-75-52-25-45(34-66)26-53(31-52)76-40-47-29-56(73-37-43-13-21-50(22-14-43)79-60(69)64(5)6)33-57(30-47)74-38-44-15-23-51(24-16-44)80-61(70)65(7)8/h9-33,66H,34-40H2,1-8H3. The molecule has 0 heterocycles. The normalized spacial score (nSPS) is 11.1. The number of hydrogen-bond donors (Lipinski definition) is 1. The van der Waals surface area contributed by atoms with Crippen molar-refractivity contribution in [2.75, 3.05) is 56.4 Å². The van der Waals surface area contributed by atoms with Gasteiger partial charge in [0.2, 0.25) is 0 Å². The van der Waals surface area contributed by atoms with Crippen LogP contribution < -0.4 is 0 Å². The van der Waals surface area contributed by atoms with Crippen molar-refractivity contribution in [1.29, 1.82) is 0 Å². The molecule has 7 aromatic rings. The lowest BCUT2D eigenvalue weighted by Crippen LogP contribution is -2.15. The predicted molar refractivity (Wildman–Crippen MR) is 348 cm³/mol. The molecule has 0 atom stereocenters. The zero-order valence-electron chi connectivity index (χ0n) is 45.8. The van der Waals surface area contributed by atoms with Gasteiger partial charge in [-0.3, -0.25) is 19.2 Å². The molecule has 0 bridgehead atoms. The molecule has 418 valence electrons. The molecule has 1 N–H and O–H groups in total. The van der Waals surface area contributed by atoms with Gasteiger partial charge in [0, 0.05) is 140 Å². The van der Waals surface area contributed by atoms with E-state index in [1.165, 1.54) is 100 Å². The number of carbonyl (C=O) groups excluding carboxylic acids is 4. The lowest BCUT2D eigenvalue weighted by atomic mass is 10.2. The summed E-state index contributed by atoms with van der Waals surface area (Å²) in [5.41, 5.74) is 7.99. The molecule has 0 saturated heterocycles. The van der Waals surface area contributed by atoms with E-state index in [9.17, 15) is 24.3 Å². The highest BCUT2D eigenvalue weighted by Gasteiger charge is 2.14. The van der Waals surface area contributed by atoms with E-state index in [4.69, 9.17) is 0 Å². The van der Waals surface area contributed by atoms with E-state index in [2.05, 4.69) is 103 Å². The number of nitrogens with zero attached hydrogens (tertiary/aromatic N) is 4.